The number of aliphatic hydroxyl groups is 2. The third kappa shape index (κ3) is 1.72. The van der Waals surface area contributed by atoms with Crippen molar-refractivity contribution in [2.75, 3.05) is 7.11 Å². The molecule has 5 unspecified atom stereocenters. The Bertz CT molecular complexity index is 150. The van der Waals surface area contributed by atoms with Crippen LogP contribution in [0.3, 0.4) is 0 Å². The SMILES string of the molecule is COC1OC(C)C(Cl)C(O)C1O. The van der Waals surface area contributed by atoms with Crippen LogP contribution in [0, 0.1) is 0 Å². The molecule has 1 heterocycles. The molecule has 4 nitrogen and oxygen atoms in total. The van der Waals surface area contributed by atoms with E-state index < -0.39 is 23.9 Å². The van der Waals surface area contributed by atoms with Crippen LogP contribution < -0.4 is 0 Å². The molecule has 5 heteroatoms. The van der Waals surface area contributed by atoms with Gasteiger partial charge in [0.15, 0.2) is 6.29 Å². The predicted molar refractivity (Wildman–Crippen MR) is 43.0 cm³/mol. The monoisotopic (exact) mass is 196 g/mol. The molecule has 1 saturated heterocycles. The normalized spacial score (nSPS) is 49.2. The van der Waals surface area contributed by atoms with Crippen molar-refractivity contribution in [1.29, 1.82) is 0 Å². The summed E-state index contributed by atoms with van der Waals surface area (Å²) in [5.74, 6) is 0. The van der Waals surface area contributed by atoms with Gasteiger partial charge < -0.3 is 19.7 Å². The average molecular weight is 197 g/mol. The number of rotatable bonds is 1. The van der Waals surface area contributed by atoms with Crippen LogP contribution in [0.4, 0.5) is 0 Å². The standard InChI is InChI=1S/C7H13ClO4/c1-3-4(8)5(9)6(10)7(11-2)12-3/h3-7,9-10H,1-2H3. The molecule has 0 aromatic carbocycles. The van der Waals surface area contributed by atoms with Gasteiger partial charge in [-0.2, -0.15) is 0 Å². The Kier molecular flexibility index (Phi) is 3.31. The fourth-order valence-corrected chi connectivity index (χ4v) is 1.40. The maximum Gasteiger partial charge on any atom is 0.186 e. The van der Waals surface area contributed by atoms with Gasteiger partial charge in [-0.15, -0.1) is 11.6 Å². The number of aliphatic hydroxyl groups excluding tert-OH is 2. The molecule has 5 atom stereocenters. The molecule has 0 saturated carbocycles. The number of halogens is 1. The Morgan fingerprint density at radius 2 is 1.92 bits per heavy atom. The molecule has 72 valence electrons. The fraction of sp³-hybridized carbons (Fsp3) is 1.00. The maximum absolute atomic E-state index is 9.38. The van der Waals surface area contributed by atoms with E-state index in [2.05, 4.69) is 0 Å². The van der Waals surface area contributed by atoms with E-state index >= 15 is 0 Å². The van der Waals surface area contributed by atoms with Crippen molar-refractivity contribution in [2.45, 2.75) is 36.9 Å². The van der Waals surface area contributed by atoms with Crippen LogP contribution in [0.1, 0.15) is 6.92 Å². The highest BCUT2D eigenvalue weighted by Crippen LogP contribution is 2.24. The Hall–Kier alpha value is 0.130. The lowest BCUT2D eigenvalue weighted by molar-refractivity contribution is -0.252. The molecular formula is C7H13ClO4. The highest BCUT2D eigenvalue weighted by Gasteiger charge is 2.41. The van der Waals surface area contributed by atoms with Crippen LogP contribution >= 0.6 is 11.6 Å². The summed E-state index contributed by atoms with van der Waals surface area (Å²) in [7, 11) is 1.40. The number of hydrogen-bond acceptors (Lipinski definition) is 4. The lowest BCUT2D eigenvalue weighted by atomic mass is 10.0. The summed E-state index contributed by atoms with van der Waals surface area (Å²) in [6, 6.07) is 0. The van der Waals surface area contributed by atoms with Gasteiger partial charge in [-0.1, -0.05) is 0 Å². The van der Waals surface area contributed by atoms with E-state index in [-0.39, 0.29) is 6.10 Å². The summed E-state index contributed by atoms with van der Waals surface area (Å²) >= 11 is 5.74. The third-order valence-corrected chi connectivity index (χ3v) is 2.60. The molecule has 1 rings (SSSR count). The van der Waals surface area contributed by atoms with Gasteiger partial charge in [0.25, 0.3) is 0 Å². The summed E-state index contributed by atoms with van der Waals surface area (Å²) < 4.78 is 9.97. The van der Waals surface area contributed by atoms with Crippen molar-refractivity contribution in [3.63, 3.8) is 0 Å². The second-order valence-corrected chi connectivity index (χ2v) is 3.37. The van der Waals surface area contributed by atoms with Crippen molar-refractivity contribution in [1.82, 2.24) is 0 Å². The largest absolute Gasteiger partial charge is 0.389 e. The van der Waals surface area contributed by atoms with E-state index in [4.69, 9.17) is 21.1 Å². The zero-order chi connectivity index (χ0) is 9.30. The van der Waals surface area contributed by atoms with E-state index in [1.807, 2.05) is 0 Å². The van der Waals surface area contributed by atoms with E-state index in [1.165, 1.54) is 7.11 Å². The quantitative estimate of drug-likeness (QED) is 0.566. The second kappa shape index (κ2) is 3.89. The topological polar surface area (TPSA) is 58.9 Å². The fourth-order valence-electron chi connectivity index (χ4n) is 1.19. The Morgan fingerprint density at radius 1 is 1.33 bits per heavy atom. The molecule has 12 heavy (non-hydrogen) atoms. The van der Waals surface area contributed by atoms with Crippen LogP contribution in [0.2, 0.25) is 0 Å². The van der Waals surface area contributed by atoms with Gasteiger partial charge in [0.1, 0.15) is 12.2 Å². The summed E-state index contributed by atoms with van der Waals surface area (Å²) in [5.41, 5.74) is 0. The summed E-state index contributed by atoms with van der Waals surface area (Å²) in [4.78, 5) is 0. The minimum absolute atomic E-state index is 0.324. The molecule has 0 spiro atoms. The Labute approximate surface area is 76.0 Å². The number of hydrogen-bond donors (Lipinski definition) is 2. The van der Waals surface area contributed by atoms with Gasteiger partial charge in [-0.3, -0.25) is 0 Å². The smallest absolute Gasteiger partial charge is 0.186 e. The number of methoxy groups -OCH3 is 1. The lowest BCUT2D eigenvalue weighted by Gasteiger charge is -2.38. The zero-order valence-electron chi connectivity index (χ0n) is 6.98. The molecule has 0 aliphatic carbocycles. The van der Waals surface area contributed by atoms with Crippen molar-refractivity contribution in [2.24, 2.45) is 0 Å². The minimum Gasteiger partial charge on any atom is -0.389 e. The molecule has 0 aromatic heterocycles. The van der Waals surface area contributed by atoms with Crippen LogP contribution in [0.25, 0.3) is 0 Å². The van der Waals surface area contributed by atoms with E-state index in [0.717, 1.165) is 0 Å². The van der Waals surface area contributed by atoms with E-state index in [9.17, 15) is 10.2 Å². The van der Waals surface area contributed by atoms with E-state index in [0.29, 0.717) is 0 Å². The Balaban J connectivity index is 2.63. The first-order valence-corrected chi connectivity index (χ1v) is 4.20. The summed E-state index contributed by atoms with van der Waals surface area (Å²) in [6.07, 6.45) is -3.19. The first kappa shape index (κ1) is 10.2. The molecule has 0 bridgehead atoms. The molecule has 0 aromatic rings. The molecule has 1 aliphatic heterocycles. The van der Waals surface area contributed by atoms with Crippen LogP contribution in [0.5, 0.6) is 0 Å². The highest BCUT2D eigenvalue weighted by atomic mass is 35.5. The van der Waals surface area contributed by atoms with Crippen LogP contribution in [0.15, 0.2) is 0 Å². The molecule has 0 amide bonds. The molecule has 0 radical (unpaired) electrons. The lowest BCUT2D eigenvalue weighted by Crippen LogP contribution is -2.55. The van der Waals surface area contributed by atoms with Gasteiger partial charge in [-0.05, 0) is 6.92 Å². The van der Waals surface area contributed by atoms with Crippen LogP contribution in [-0.4, -0.2) is 47.3 Å². The van der Waals surface area contributed by atoms with Crippen molar-refractivity contribution < 1.29 is 19.7 Å². The molecule has 1 fully saturated rings. The number of ether oxygens (including phenoxy) is 2. The molecule has 1 aliphatic rings. The van der Waals surface area contributed by atoms with Gasteiger partial charge in [0.2, 0.25) is 0 Å². The maximum atomic E-state index is 9.38. The van der Waals surface area contributed by atoms with Crippen molar-refractivity contribution in [3.8, 4) is 0 Å². The van der Waals surface area contributed by atoms with Gasteiger partial charge >= 0.3 is 0 Å². The first-order valence-electron chi connectivity index (χ1n) is 3.76. The Morgan fingerprint density at radius 3 is 2.42 bits per heavy atom. The minimum atomic E-state index is -1.08. The summed E-state index contributed by atoms with van der Waals surface area (Å²) in [5, 5.41) is 18.1. The highest BCUT2D eigenvalue weighted by molar-refractivity contribution is 6.21. The first-order chi connectivity index (χ1) is 5.57. The number of alkyl halides is 1. The van der Waals surface area contributed by atoms with E-state index in [1.54, 1.807) is 6.92 Å². The van der Waals surface area contributed by atoms with Gasteiger partial charge in [-0.25, -0.2) is 0 Å². The predicted octanol–water partition coefficient (Wildman–Crippen LogP) is -0.293. The van der Waals surface area contributed by atoms with Crippen molar-refractivity contribution in [3.05, 3.63) is 0 Å². The van der Waals surface area contributed by atoms with Gasteiger partial charge in [0.05, 0.1) is 11.5 Å². The van der Waals surface area contributed by atoms with Gasteiger partial charge in [0, 0.05) is 7.11 Å². The molecular weight excluding hydrogens is 184 g/mol. The average Bonchev–Trinajstić information content (AvgIpc) is 2.08. The van der Waals surface area contributed by atoms with Crippen molar-refractivity contribution >= 4 is 11.6 Å². The third-order valence-electron chi connectivity index (χ3n) is 1.98. The summed E-state index contributed by atoms with van der Waals surface area (Å²) in [6.45, 7) is 1.72. The zero-order valence-corrected chi connectivity index (χ0v) is 7.73. The van der Waals surface area contributed by atoms with Crippen LogP contribution in [-0.2, 0) is 9.47 Å². The molecule has 2 N–H and O–H groups in total. The second-order valence-electron chi connectivity index (χ2n) is 2.87.